The lowest BCUT2D eigenvalue weighted by Gasteiger charge is -2.23. The van der Waals surface area contributed by atoms with Crippen molar-refractivity contribution in [3.8, 4) is 0 Å². The molecule has 1 unspecified atom stereocenters. The molecule has 6 nitrogen and oxygen atoms in total. The van der Waals surface area contributed by atoms with E-state index in [1.54, 1.807) is 18.6 Å². The van der Waals surface area contributed by atoms with E-state index < -0.39 is 0 Å². The molecule has 138 valence electrons. The molecule has 1 saturated heterocycles. The second-order valence-electron chi connectivity index (χ2n) is 6.95. The Kier molecular flexibility index (Phi) is 5.07. The van der Waals surface area contributed by atoms with E-state index in [-0.39, 0.29) is 11.8 Å². The van der Waals surface area contributed by atoms with Crippen molar-refractivity contribution in [3.05, 3.63) is 65.9 Å². The summed E-state index contributed by atoms with van der Waals surface area (Å²) in [4.78, 5) is 27.3. The molecule has 6 heteroatoms. The van der Waals surface area contributed by atoms with Gasteiger partial charge in [-0.3, -0.25) is 9.78 Å². The summed E-state index contributed by atoms with van der Waals surface area (Å²) in [6.07, 6.45) is 5.86. The van der Waals surface area contributed by atoms with Crippen LogP contribution in [0.15, 0.2) is 48.9 Å². The first-order valence-corrected chi connectivity index (χ1v) is 9.18. The van der Waals surface area contributed by atoms with Crippen molar-refractivity contribution in [2.75, 3.05) is 26.3 Å². The number of fused-ring (bicyclic) bond motifs is 1. The minimum atomic E-state index is -0.0341. The second-order valence-corrected chi connectivity index (χ2v) is 6.95. The van der Waals surface area contributed by atoms with Crippen LogP contribution in [-0.4, -0.2) is 52.1 Å². The van der Waals surface area contributed by atoms with E-state index in [4.69, 9.17) is 4.74 Å². The molecule has 1 aliphatic rings. The molecule has 3 aromatic rings. The van der Waals surface area contributed by atoms with Gasteiger partial charge in [0.1, 0.15) is 5.82 Å². The number of carbonyl (C=O) groups is 1. The van der Waals surface area contributed by atoms with Crippen molar-refractivity contribution in [2.45, 2.75) is 13.3 Å². The van der Waals surface area contributed by atoms with E-state index in [9.17, 15) is 4.79 Å². The molecule has 2 aromatic heterocycles. The van der Waals surface area contributed by atoms with Gasteiger partial charge in [-0.05, 0) is 37.1 Å². The number of hydrogen-bond acceptors (Lipinski definition) is 5. The standard InChI is InChI=1S/C21H22N4O2/c1-15-23-11-19(12-24-15)21(26)25-7-8-27-14-17(13-25)9-16-4-5-20-18(10-16)3-2-6-22-20/h2-6,10-12,17H,7-9,13-14H2,1H3. The molecular formula is C21H22N4O2. The summed E-state index contributed by atoms with van der Waals surface area (Å²) in [5.74, 6) is 0.875. The van der Waals surface area contributed by atoms with Crippen molar-refractivity contribution < 1.29 is 9.53 Å². The molecule has 0 radical (unpaired) electrons. The van der Waals surface area contributed by atoms with Crippen LogP contribution in [0, 0.1) is 12.8 Å². The number of benzene rings is 1. The molecule has 0 N–H and O–H groups in total. The fourth-order valence-electron chi connectivity index (χ4n) is 3.46. The van der Waals surface area contributed by atoms with Gasteiger partial charge < -0.3 is 9.64 Å². The van der Waals surface area contributed by atoms with Crippen LogP contribution >= 0.6 is 0 Å². The number of hydrogen-bond donors (Lipinski definition) is 0. The van der Waals surface area contributed by atoms with Gasteiger partial charge >= 0.3 is 0 Å². The Morgan fingerprint density at radius 1 is 1.22 bits per heavy atom. The molecule has 1 atom stereocenters. The molecule has 1 aliphatic heterocycles. The van der Waals surface area contributed by atoms with E-state index >= 15 is 0 Å². The molecule has 1 fully saturated rings. The zero-order valence-electron chi connectivity index (χ0n) is 15.3. The van der Waals surface area contributed by atoms with Gasteiger partial charge in [0, 0.05) is 43.0 Å². The minimum absolute atomic E-state index is 0.0341. The Hall–Kier alpha value is -2.86. The number of ether oxygens (including phenoxy) is 1. The minimum Gasteiger partial charge on any atom is -0.379 e. The first-order valence-electron chi connectivity index (χ1n) is 9.18. The van der Waals surface area contributed by atoms with E-state index in [0.717, 1.165) is 17.3 Å². The molecule has 0 spiro atoms. The fourth-order valence-corrected chi connectivity index (χ4v) is 3.46. The Morgan fingerprint density at radius 2 is 2.07 bits per heavy atom. The van der Waals surface area contributed by atoms with Crippen LogP contribution in [-0.2, 0) is 11.2 Å². The number of aromatic nitrogens is 3. The normalized spacial score (nSPS) is 17.7. The molecule has 0 aliphatic carbocycles. The van der Waals surface area contributed by atoms with Crippen LogP contribution in [0.1, 0.15) is 21.7 Å². The van der Waals surface area contributed by atoms with E-state index in [1.165, 1.54) is 5.56 Å². The molecular weight excluding hydrogens is 340 g/mol. The average molecular weight is 362 g/mol. The SMILES string of the molecule is Cc1ncc(C(=O)N2CCOCC(Cc3ccc4ncccc4c3)C2)cn1. The maximum Gasteiger partial charge on any atom is 0.257 e. The van der Waals surface area contributed by atoms with Crippen LogP contribution < -0.4 is 0 Å². The highest BCUT2D eigenvalue weighted by molar-refractivity contribution is 5.93. The number of carbonyl (C=O) groups excluding carboxylic acids is 1. The van der Waals surface area contributed by atoms with Crippen molar-refractivity contribution in [1.29, 1.82) is 0 Å². The third-order valence-electron chi connectivity index (χ3n) is 4.84. The van der Waals surface area contributed by atoms with Gasteiger partial charge in [0.15, 0.2) is 0 Å². The molecule has 1 aromatic carbocycles. The number of pyridine rings is 1. The van der Waals surface area contributed by atoms with E-state index in [2.05, 4.69) is 39.2 Å². The fraction of sp³-hybridized carbons (Fsp3) is 0.333. The lowest BCUT2D eigenvalue weighted by atomic mass is 9.98. The van der Waals surface area contributed by atoms with Crippen molar-refractivity contribution in [3.63, 3.8) is 0 Å². The highest BCUT2D eigenvalue weighted by atomic mass is 16.5. The smallest absolute Gasteiger partial charge is 0.257 e. The molecule has 0 bridgehead atoms. The molecule has 4 rings (SSSR count). The van der Waals surface area contributed by atoms with Crippen LogP contribution in [0.2, 0.25) is 0 Å². The van der Waals surface area contributed by atoms with Gasteiger partial charge in [0.2, 0.25) is 0 Å². The highest BCUT2D eigenvalue weighted by Crippen LogP contribution is 2.19. The van der Waals surface area contributed by atoms with Crippen LogP contribution in [0.3, 0.4) is 0 Å². The zero-order chi connectivity index (χ0) is 18.6. The number of nitrogens with zero attached hydrogens (tertiary/aromatic N) is 4. The van der Waals surface area contributed by atoms with Crippen molar-refractivity contribution in [2.24, 2.45) is 5.92 Å². The van der Waals surface area contributed by atoms with E-state index in [0.29, 0.717) is 37.7 Å². The largest absolute Gasteiger partial charge is 0.379 e. The monoisotopic (exact) mass is 362 g/mol. The maximum absolute atomic E-state index is 12.8. The number of amides is 1. The third-order valence-corrected chi connectivity index (χ3v) is 4.84. The maximum atomic E-state index is 12.8. The summed E-state index contributed by atoms with van der Waals surface area (Å²) in [5.41, 5.74) is 2.75. The van der Waals surface area contributed by atoms with Gasteiger partial charge in [-0.1, -0.05) is 12.1 Å². The summed E-state index contributed by atoms with van der Waals surface area (Å²) in [6, 6.07) is 10.4. The molecule has 27 heavy (non-hydrogen) atoms. The second kappa shape index (κ2) is 7.80. The molecule has 3 heterocycles. The van der Waals surface area contributed by atoms with Crippen LogP contribution in [0.5, 0.6) is 0 Å². The first-order chi connectivity index (χ1) is 13.2. The Morgan fingerprint density at radius 3 is 2.93 bits per heavy atom. The van der Waals surface area contributed by atoms with Crippen LogP contribution in [0.25, 0.3) is 10.9 Å². The molecule has 0 saturated carbocycles. The predicted molar refractivity (Wildman–Crippen MR) is 102 cm³/mol. The lowest BCUT2D eigenvalue weighted by Crippen LogP contribution is -2.36. The summed E-state index contributed by atoms with van der Waals surface area (Å²) >= 11 is 0. The van der Waals surface area contributed by atoms with Crippen molar-refractivity contribution >= 4 is 16.8 Å². The summed E-state index contributed by atoms with van der Waals surface area (Å²) in [6.45, 7) is 4.27. The quantitative estimate of drug-likeness (QED) is 0.716. The van der Waals surface area contributed by atoms with Crippen LogP contribution in [0.4, 0.5) is 0 Å². The van der Waals surface area contributed by atoms with Gasteiger partial charge in [-0.2, -0.15) is 0 Å². The predicted octanol–water partition coefficient (Wildman–Crippen LogP) is 2.66. The number of aryl methyl sites for hydroxylation is 1. The van der Waals surface area contributed by atoms with Gasteiger partial charge in [0.05, 0.1) is 24.3 Å². The van der Waals surface area contributed by atoms with E-state index in [1.807, 2.05) is 17.9 Å². The van der Waals surface area contributed by atoms with Gasteiger partial charge in [-0.15, -0.1) is 0 Å². The first kappa shape index (κ1) is 17.5. The summed E-state index contributed by atoms with van der Waals surface area (Å²) < 4.78 is 5.76. The zero-order valence-corrected chi connectivity index (χ0v) is 15.3. The summed E-state index contributed by atoms with van der Waals surface area (Å²) in [5, 5.41) is 1.13. The third kappa shape index (κ3) is 4.11. The Bertz CT molecular complexity index is 942. The topological polar surface area (TPSA) is 68.2 Å². The Balaban J connectivity index is 1.49. The van der Waals surface area contributed by atoms with Gasteiger partial charge in [-0.25, -0.2) is 9.97 Å². The average Bonchev–Trinajstić information content (AvgIpc) is 2.93. The lowest BCUT2D eigenvalue weighted by molar-refractivity contribution is 0.0736. The Labute approximate surface area is 158 Å². The van der Waals surface area contributed by atoms with Gasteiger partial charge in [0.25, 0.3) is 5.91 Å². The highest BCUT2D eigenvalue weighted by Gasteiger charge is 2.24. The van der Waals surface area contributed by atoms with Crippen molar-refractivity contribution in [1.82, 2.24) is 19.9 Å². The summed E-state index contributed by atoms with van der Waals surface area (Å²) in [7, 11) is 0. The molecule has 1 amide bonds. The number of rotatable bonds is 3.